The van der Waals surface area contributed by atoms with Crippen LogP contribution in [0.15, 0.2) is 24.3 Å². The molecule has 0 N–H and O–H groups in total. The molecule has 2 saturated heterocycles. The smallest absolute Gasteiger partial charge is 0.224 e. The molecule has 2 aliphatic rings. The number of benzene rings is 1. The van der Waals surface area contributed by atoms with E-state index in [1.54, 1.807) is 0 Å². The molecule has 0 bridgehead atoms. The van der Waals surface area contributed by atoms with Gasteiger partial charge in [-0.25, -0.2) is 4.98 Å². The fourth-order valence-corrected chi connectivity index (χ4v) is 4.06. The minimum Gasteiger partial charge on any atom is -0.378 e. The van der Waals surface area contributed by atoms with E-state index in [4.69, 9.17) is 9.72 Å². The summed E-state index contributed by atoms with van der Waals surface area (Å²) in [6, 6.07) is 8.59. The number of likely N-dealkylation sites (tertiary alicyclic amines) is 1. The zero-order valence-electron chi connectivity index (χ0n) is 14.9. The molecule has 0 aliphatic carbocycles. The zero-order chi connectivity index (χ0) is 17.2. The Balaban J connectivity index is 1.44. The highest BCUT2D eigenvalue weighted by Crippen LogP contribution is 2.32. The Hall–Kier alpha value is -1.92. The summed E-state index contributed by atoms with van der Waals surface area (Å²) in [6.07, 6.45) is 2.86. The van der Waals surface area contributed by atoms with Crippen LogP contribution in [-0.2, 0) is 16.6 Å². The second-order valence-corrected chi connectivity index (χ2v) is 6.95. The van der Waals surface area contributed by atoms with Crippen LogP contribution in [0, 0.1) is 0 Å². The number of aromatic nitrogens is 2. The number of imidazole rings is 1. The van der Waals surface area contributed by atoms with Crippen molar-refractivity contribution in [2.75, 3.05) is 39.4 Å². The van der Waals surface area contributed by atoms with E-state index in [0.717, 1.165) is 43.9 Å². The van der Waals surface area contributed by atoms with E-state index in [1.807, 2.05) is 11.0 Å². The lowest BCUT2D eigenvalue weighted by molar-refractivity contribution is -0.135. The Morgan fingerprint density at radius 2 is 2.04 bits per heavy atom. The molecule has 25 heavy (non-hydrogen) atoms. The van der Waals surface area contributed by atoms with Crippen molar-refractivity contribution in [3.8, 4) is 0 Å². The van der Waals surface area contributed by atoms with Gasteiger partial charge in [-0.3, -0.25) is 9.69 Å². The van der Waals surface area contributed by atoms with Gasteiger partial charge in [-0.15, -0.1) is 0 Å². The molecule has 6 nitrogen and oxygen atoms in total. The van der Waals surface area contributed by atoms with Crippen molar-refractivity contribution < 1.29 is 9.53 Å². The molecular weight excluding hydrogens is 316 g/mol. The molecule has 0 radical (unpaired) electrons. The maximum Gasteiger partial charge on any atom is 0.224 e. The van der Waals surface area contributed by atoms with Gasteiger partial charge in [0.25, 0.3) is 0 Å². The summed E-state index contributed by atoms with van der Waals surface area (Å²) < 4.78 is 7.54. The number of hydrogen-bond donors (Lipinski definition) is 0. The predicted octanol–water partition coefficient (Wildman–Crippen LogP) is 1.96. The molecule has 2 aromatic rings. The second-order valence-electron chi connectivity index (χ2n) is 6.95. The van der Waals surface area contributed by atoms with E-state index in [-0.39, 0.29) is 5.91 Å². The van der Waals surface area contributed by atoms with Crippen molar-refractivity contribution in [3.05, 3.63) is 30.1 Å². The quantitative estimate of drug-likeness (QED) is 0.852. The largest absolute Gasteiger partial charge is 0.378 e. The fourth-order valence-electron chi connectivity index (χ4n) is 4.06. The minimum absolute atomic E-state index is 0.249. The maximum absolute atomic E-state index is 12.4. The molecule has 2 aliphatic heterocycles. The van der Waals surface area contributed by atoms with Crippen molar-refractivity contribution in [1.82, 2.24) is 19.4 Å². The van der Waals surface area contributed by atoms with Gasteiger partial charge in [-0.05, 0) is 31.5 Å². The summed E-state index contributed by atoms with van der Waals surface area (Å²) in [6.45, 7) is 4.64. The lowest BCUT2D eigenvalue weighted by atomic mass is 10.2. The van der Waals surface area contributed by atoms with Crippen LogP contribution >= 0.6 is 0 Å². The first kappa shape index (κ1) is 16.5. The van der Waals surface area contributed by atoms with Crippen molar-refractivity contribution in [2.45, 2.75) is 25.3 Å². The highest BCUT2D eigenvalue weighted by atomic mass is 16.5. The molecule has 2 fully saturated rings. The molecule has 0 saturated carbocycles. The van der Waals surface area contributed by atoms with Gasteiger partial charge in [0.15, 0.2) is 0 Å². The summed E-state index contributed by atoms with van der Waals surface area (Å²) in [5.74, 6) is 1.37. The zero-order valence-corrected chi connectivity index (χ0v) is 14.9. The predicted molar refractivity (Wildman–Crippen MR) is 96.3 cm³/mol. The third-order valence-electron chi connectivity index (χ3n) is 5.46. The first-order valence-electron chi connectivity index (χ1n) is 9.25. The van der Waals surface area contributed by atoms with Gasteiger partial charge in [0, 0.05) is 33.1 Å². The molecule has 1 aromatic carbocycles. The van der Waals surface area contributed by atoms with Crippen molar-refractivity contribution in [2.24, 2.45) is 7.05 Å². The lowest BCUT2D eigenvalue weighted by Crippen LogP contribution is -2.42. The molecule has 0 spiro atoms. The van der Waals surface area contributed by atoms with Gasteiger partial charge in [-0.2, -0.15) is 0 Å². The molecule has 6 heteroatoms. The number of para-hydroxylation sites is 2. The number of carbonyl (C=O) groups is 1. The topological polar surface area (TPSA) is 50.6 Å². The normalized spacial score (nSPS) is 22.0. The lowest BCUT2D eigenvalue weighted by Gasteiger charge is -2.29. The van der Waals surface area contributed by atoms with Crippen LogP contribution in [0.3, 0.4) is 0 Å². The Morgan fingerprint density at radius 1 is 1.24 bits per heavy atom. The van der Waals surface area contributed by atoms with E-state index in [2.05, 4.69) is 34.7 Å². The minimum atomic E-state index is 0.249. The molecule has 3 heterocycles. The standard InChI is InChI=1S/C19H26N4O2/c1-21-16-6-3-2-5-15(16)20-19(21)17-7-4-9-22(17)10-8-18(24)23-11-13-25-14-12-23/h2-3,5-6,17H,4,7-14H2,1H3. The number of morpholine rings is 1. The van der Waals surface area contributed by atoms with E-state index in [1.165, 1.54) is 11.9 Å². The van der Waals surface area contributed by atoms with Crippen LogP contribution in [-0.4, -0.2) is 64.7 Å². The van der Waals surface area contributed by atoms with Gasteiger partial charge in [0.05, 0.1) is 30.3 Å². The van der Waals surface area contributed by atoms with Crippen LogP contribution in [0.5, 0.6) is 0 Å². The molecule has 4 rings (SSSR count). The van der Waals surface area contributed by atoms with Crippen LogP contribution in [0.1, 0.15) is 31.1 Å². The van der Waals surface area contributed by atoms with Crippen molar-refractivity contribution >= 4 is 16.9 Å². The average molecular weight is 342 g/mol. The third kappa shape index (κ3) is 3.28. The van der Waals surface area contributed by atoms with E-state index < -0.39 is 0 Å². The highest BCUT2D eigenvalue weighted by molar-refractivity contribution is 5.77. The summed E-state index contributed by atoms with van der Waals surface area (Å²) >= 11 is 0. The number of fused-ring (bicyclic) bond motifs is 1. The van der Waals surface area contributed by atoms with E-state index in [0.29, 0.717) is 25.7 Å². The molecule has 1 atom stereocenters. The first-order valence-corrected chi connectivity index (χ1v) is 9.25. The molecule has 1 unspecified atom stereocenters. The van der Waals surface area contributed by atoms with Crippen LogP contribution in [0.4, 0.5) is 0 Å². The number of aryl methyl sites for hydroxylation is 1. The molecular formula is C19H26N4O2. The molecule has 134 valence electrons. The number of nitrogens with zero attached hydrogens (tertiary/aromatic N) is 4. The van der Waals surface area contributed by atoms with Gasteiger partial charge in [-0.1, -0.05) is 12.1 Å². The van der Waals surface area contributed by atoms with Crippen molar-refractivity contribution in [3.63, 3.8) is 0 Å². The first-order chi connectivity index (χ1) is 12.2. The summed E-state index contributed by atoms with van der Waals surface area (Å²) in [5.41, 5.74) is 2.23. The fraction of sp³-hybridized carbons (Fsp3) is 0.579. The molecule has 1 aromatic heterocycles. The van der Waals surface area contributed by atoms with Crippen LogP contribution in [0.2, 0.25) is 0 Å². The van der Waals surface area contributed by atoms with Gasteiger partial charge < -0.3 is 14.2 Å². The Morgan fingerprint density at radius 3 is 2.84 bits per heavy atom. The monoisotopic (exact) mass is 342 g/mol. The summed E-state index contributed by atoms with van der Waals surface area (Å²) in [7, 11) is 2.10. The number of hydrogen-bond acceptors (Lipinski definition) is 4. The van der Waals surface area contributed by atoms with Crippen molar-refractivity contribution in [1.29, 1.82) is 0 Å². The SMILES string of the molecule is Cn1c(C2CCCN2CCC(=O)N2CCOCC2)nc2ccccc21. The second kappa shape index (κ2) is 7.14. The number of amides is 1. The van der Waals surface area contributed by atoms with Gasteiger partial charge in [0.2, 0.25) is 5.91 Å². The Bertz CT molecular complexity index is 751. The van der Waals surface area contributed by atoms with E-state index in [9.17, 15) is 4.79 Å². The highest BCUT2D eigenvalue weighted by Gasteiger charge is 2.30. The third-order valence-corrected chi connectivity index (χ3v) is 5.46. The number of rotatable bonds is 4. The number of carbonyl (C=O) groups excluding carboxylic acids is 1. The number of ether oxygens (including phenoxy) is 1. The summed E-state index contributed by atoms with van der Waals surface area (Å²) in [5, 5.41) is 0. The van der Waals surface area contributed by atoms with Gasteiger partial charge in [0.1, 0.15) is 5.82 Å². The average Bonchev–Trinajstić information content (AvgIpc) is 3.25. The van der Waals surface area contributed by atoms with Crippen LogP contribution < -0.4 is 0 Å². The Labute approximate surface area is 148 Å². The van der Waals surface area contributed by atoms with Crippen LogP contribution in [0.25, 0.3) is 11.0 Å². The molecule has 1 amide bonds. The van der Waals surface area contributed by atoms with Gasteiger partial charge >= 0.3 is 0 Å². The van der Waals surface area contributed by atoms with E-state index >= 15 is 0 Å². The maximum atomic E-state index is 12.4. The summed E-state index contributed by atoms with van der Waals surface area (Å²) in [4.78, 5) is 21.7. The Kier molecular flexibility index (Phi) is 4.72.